The van der Waals surface area contributed by atoms with Gasteiger partial charge in [-0.25, -0.2) is 0 Å². The summed E-state index contributed by atoms with van der Waals surface area (Å²) in [6, 6.07) is 0. The molecule has 2 unspecified atom stereocenters. The maximum atomic E-state index is 11.9. The summed E-state index contributed by atoms with van der Waals surface area (Å²) in [7, 11) is 0. The minimum Gasteiger partial charge on any atom is -0.364 e. The van der Waals surface area contributed by atoms with E-state index in [0.29, 0.717) is 6.54 Å². The Labute approximate surface area is 110 Å². The predicted molar refractivity (Wildman–Crippen MR) is 71.2 cm³/mol. The molecule has 1 heterocycles. The number of hydrogen-bond donors (Lipinski definition) is 2. The Hall–Kier alpha value is -0.610. The second-order valence-electron chi connectivity index (χ2n) is 5.64. The lowest BCUT2D eigenvalue weighted by Gasteiger charge is -2.21. The molecule has 1 amide bonds. The summed E-state index contributed by atoms with van der Waals surface area (Å²) in [6.45, 7) is 1.32. The van der Waals surface area contributed by atoms with Crippen LogP contribution < -0.4 is 11.1 Å². The molecule has 3 N–H and O–H groups in total. The molecule has 4 heteroatoms. The molecular formula is C14H26N2O2. The summed E-state index contributed by atoms with van der Waals surface area (Å²) >= 11 is 0. The third-order valence-electron chi connectivity index (χ3n) is 4.24. The average molecular weight is 254 g/mol. The van der Waals surface area contributed by atoms with Gasteiger partial charge in [-0.2, -0.15) is 0 Å². The highest BCUT2D eigenvalue weighted by molar-refractivity contribution is 5.80. The monoisotopic (exact) mass is 254 g/mol. The summed E-state index contributed by atoms with van der Waals surface area (Å²) in [5, 5.41) is 3.01. The van der Waals surface area contributed by atoms with E-state index in [9.17, 15) is 4.79 Å². The number of hydrogen-bond acceptors (Lipinski definition) is 3. The van der Waals surface area contributed by atoms with Gasteiger partial charge in [0.15, 0.2) is 0 Å². The lowest BCUT2D eigenvalue weighted by molar-refractivity contribution is -0.131. The van der Waals surface area contributed by atoms with Crippen molar-refractivity contribution in [2.24, 2.45) is 11.7 Å². The zero-order valence-electron chi connectivity index (χ0n) is 11.2. The molecule has 0 aromatic heterocycles. The van der Waals surface area contributed by atoms with E-state index in [-0.39, 0.29) is 18.1 Å². The van der Waals surface area contributed by atoms with Crippen LogP contribution in [0.5, 0.6) is 0 Å². The highest BCUT2D eigenvalue weighted by atomic mass is 16.5. The molecule has 1 aliphatic carbocycles. The van der Waals surface area contributed by atoms with Gasteiger partial charge in [0.1, 0.15) is 6.10 Å². The Balaban J connectivity index is 1.60. The summed E-state index contributed by atoms with van der Waals surface area (Å²) in [6.07, 6.45) is 9.47. The van der Waals surface area contributed by atoms with Crippen LogP contribution in [0.4, 0.5) is 0 Å². The normalized spacial score (nSPS) is 29.4. The van der Waals surface area contributed by atoms with Crippen molar-refractivity contribution in [3.8, 4) is 0 Å². The standard InChI is InChI=1S/C14H26N2O2/c15-10-12-6-7-13(18-12)14(17)16-9-8-11-4-2-1-3-5-11/h11-13H,1-10,15H2,(H,16,17). The Morgan fingerprint density at radius 3 is 2.61 bits per heavy atom. The van der Waals surface area contributed by atoms with Gasteiger partial charge in [0, 0.05) is 13.1 Å². The Morgan fingerprint density at radius 2 is 1.94 bits per heavy atom. The summed E-state index contributed by atoms with van der Waals surface area (Å²) in [5.74, 6) is 0.877. The summed E-state index contributed by atoms with van der Waals surface area (Å²) in [4.78, 5) is 11.9. The highest BCUT2D eigenvalue weighted by Gasteiger charge is 2.29. The van der Waals surface area contributed by atoms with E-state index in [1.165, 1.54) is 32.1 Å². The van der Waals surface area contributed by atoms with Crippen LogP contribution in [0.25, 0.3) is 0 Å². The van der Waals surface area contributed by atoms with E-state index in [2.05, 4.69) is 5.32 Å². The highest BCUT2D eigenvalue weighted by Crippen LogP contribution is 2.25. The van der Waals surface area contributed by atoms with Crippen molar-refractivity contribution in [3.63, 3.8) is 0 Å². The quantitative estimate of drug-likeness (QED) is 0.783. The van der Waals surface area contributed by atoms with Crippen LogP contribution in [0.2, 0.25) is 0 Å². The van der Waals surface area contributed by atoms with Crippen LogP contribution in [0.1, 0.15) is 51.4 Å². The van der Waals surface area contributed by atoms with Gasteiger partial charge >= 0.3 is 0 Å². The van der Waals surface area contributed by atoms with Crippen molar-refractivity contribution in [2.75, 3.05) is 13.1 Å². The largest absolute Gasteiger partial charge is 0.364 e. The first kappa shape index (κ1) is 13.8. The van der Waals surface area contributed by atoms with Gasteiger partial charge in [0.05, 0.1) is 6.10 Å². The number of rotatable bonds is 5. The fraction of sp³-hybridized carbons (Fsp3) is 0.929. The van der Waals surface area contributed by atoms with E-state index in [4.69, 9.17) is 10.5 Å². The molecule has 0 radical (unpaired) electrons. The van der Waals surface area contributed by atoms with Gasteiger partial charge in [0.25, 0.3) is 0 Å². The molecule has 2 atom stereocenters. The van der Waals surface area contributed by atoms with Gasteiger partial charge in [-0.05, 0) is 25.2 Å². The molecule has 0 aromatic rings. The number of amides is 1. The molecular weight excluding hydrogens is 228 g/mol. The smallest absolute Gasteiger partial charge is 0.249 e. The SMILES string of the molecule is NCC1CCC(C(=O)NCCC2CCCCC2)O1. The first-order valence-corrected chi connectivity index (χ1v) is 7.43. The average Bonchev–Trinajstić information content (AvgIpc) is 2.89. The van der Waals surface area contributed by atoms with Crippen LogP contribution in [0.15, 0.2) is 0 Å². The van der Waals surface area contributed by atoms with Crippen LogP contribution in [-0.2, 0) is 9.53 Å². The molecule has 18 heavy (non-hydrogen) atoms. The summed E-state index contributed by atoms with van der Waals surface area (Å²) < 4.78 is 5.58. The maximum absolute atomic E-state index is 11.9. The van der Waals surface area contributed by atoms with Crippen LogP contribution in [-0.4, -0.2) is 31.2 Å². The van der Waals surface area contributed by atoms with E-state index in [0.717, 1.165) is 31.7 Å². The minimum atomic E-state index is -0.259. The molecule has 0 bridgehead atoms. The van der Waals surface area contributed by atoms with E-state index >= 15 is 0 Å². The van der Waals surface area contributed by atoms with Gasteiger partial charge in [-0.15, -0.1) is 0 Å². The first-order chi connectivity index (χ1) is 8.79. The van der Waals surface area contributed by atoms with Crippen molar-refractivity contribution < 1.29 is 9.53 Å². The molecule has 2 fully saturated rings. The van der Waals surface area contributed by atoms with E-state index in [1.807, 2.05) is 0 Å². The zero-order chi connectivity index (χ0) is 12.8. The van der Waals surface area contributed by atoms with Crippen LogP contribution in [0, 0.1) is 5.92 Å². The van der Waals surface area contributed by atoms with Crippen molar-refractivity contribution in [3.05, 3.63) is 0 Å². The molecule has 0 aromatic carbocycles. The lowest BCUT2D eigenvalue weighted by Crippen LogP contribution is -2.36. The van der Waals surface area contributed by atoms with Crippen LogP contribution >= 0.6 is 0 Å². The Morgan fingerprint density at radius 1 is 1.17 bits per heavy atom. The molecule has 1 saturated heterocycles. The summed E-state index contributed by atoms with van der Waals surface area (Å²) in [5.41, 5.74) is 5.54. The Kier molecular flexibility index (Phi) is 5.45. The third kappa shape index (κ3) is 3.95. The molecule has 2 aliphatic rings. The molecule has 0 spiro atoms. The Bertz CT molecular complexity index is 265. The fourth-order valence-electron chi connectivity index (χ4n) is 3.06. The van der Waals surface area contributed by atoms with Gasteiger partial charge in [0.2, 0.25) is 5.91 Å². The predicted octanol–water partition coefficient (Wildman–Crippen LogP) is 1.58. The molecule has 1 saturated carbocycles. The van der Waals surface area contributed by atoms with E-state index < -0.39 is 0 Å². The third-order valence-corrected chi connectivity index (χ3v) is 4.24. The molecule has 104 valence electrons. The van der Waals surface area contributed by atoms with E-state index in [1.54, 1.807) is 0 Å². The number of carbonyl (C=O) groups excluding carboxylic acids is 1. The van der Waals surface area contributed by atoms with Gasteiger partial charge in [-0.3, -0.25) is 4.79 Å². The van der Waals surface area contributed by atoms with Crippen molar-refractivity contribution >= 4 is 5.91 Å². The number of nitrogens with one attached hydrogen (secondary N) is 1. The number of carbonyl (C=O) groups is 1. The zero-order valence-corrected chi connectivity index (χ0v) is 11.2. The van der Waals surface area contributed by atoms with Gasteiger partial charge < -0.3 is 15.8 Å². The molecule has 4 nitrogen and oxygen atoms in total. The first-order valence-electron chi connectivity index (χ1n) is 7.43. The minimum absolute atomic E-state index is 0.0572. The fourth-order valence-corrected chi connectivity index (χ4v) is 3.06. The molecule has 2 rings (SSSR count). The van der Waals surface area contributed by atoms with Crippen molar-refractivity contribution in [1.82, 2.24) is 5.32 Å². The lowest BCUT2D eigenvalue weighted by atomic mass is 9.87. The maximum Gasteiger partial charge on any atom is 0.249 e. The second kappa shape index (κ2) is 7.10. The van der Waals surface area contributed by atoms with Crippen LogP contribution in [0.3, 0.4) is 0 Å². The topological polar surface area (TPSA) is 64.4 Å². The number of ether oxygens (including phenoxy) is 1. The molecule has 1 aliphatic heterocycles. The van der Waals surface area contributed by atoms with Crippen molar-refractivity contribution in [1.29, 1.82) is 0 Å². The number of nitrogens with two attached hydrogens (primary N) is 1. The van der Waals surface area contributed by atoms with Crippen molar-refractivity contribution in [2.45, 2.75) is 63.6 Å². The second-order valence-corrected chi connectivity index (χ2v) is 5.64. The van der Waals surface area contributed by atoms with Gasteiger partial charge in [-0.1, -0.05) is 32.1 Å².